The lowest BCUT2D eigenvalue weighted by Gasteiger charge is -2.33. The number of amides is 2. The molecule has 2 amide bonds. The van der Waals surface area contributed by atoms with Crippen LogP contribution in [0.3, 0.4) is 0 Å². The van der Waals surface area contributed by atoms with Gasteiger partial charge in [0.05, 0.1) is 25.7 Å². The molecule has 26 heavy (non-hydrogen) atoms. The summed E-state index contributed by atoms with van der Waals surface area (Å²) < 4.78 is 10.2. The highest BCUT2D eigenvalue weighted by atomic mass is 16.6. The Morgan fingerprint density at radius 2 is 1.85 bits per heavy atom. The number of esters is 1. The van der Waals surface area contributed by atoms with Crippen molar-refractivity contribution in [3.05, 3.63) is 0 Å². The molecule has 1 aliphatic heterocycles. The predicted molar refractivity (Wildman–Crippen MR) is 95.3 cm³/mol. The fraction of sp³-hybridized carbons (Fsp3) is 0.833. The molecule has 0 spiro atoms. The molecule has 8 nitrogen and oxygen atoms in total. The van der Waals surface area contributed by atoms with Crippen LogP contribution in [0.4, 0.5) is 4.79 Å². The van der Waals surface area contributed by atoms with E-state index in [9.17, 15) is 19.5 Å². The molecule has 150 valence electrons. The van der Waals surface area contributed by atoms with Crippen molar-refractivity contribution >= 4 is 18.0 Å². The van der Waals surface area contributed by atoms with Gasteiger partial charge in [0.2, 0.25) is 5.91 Å². The van der Waals surface area contributed by atoms with E-state index in [0.717, 1.165) is 0 Å². The number of likely N-dealkylation sites (tertiary alicyclic amines) is 1. The van der Waals surface area contributed by atoms with Crippen LogP contribution in [0.1, 0.15) is 41.0 Å². The lowest BCUT2D eigenvalue weighted by molar-refractivity contribution is -0.155. The molecule has 0 saturated carbocycles. The number of hydrogen-bond donors (Lipinski definition) is 1. The van der Waals surface area contributed by atoms with E-state index in [1.807, 2.05) is 13.8 Å². The number of aliphatic hydroxyl groups excluding tert-OH is 1. The molecule has 0 aromatic rings. The summed E-state index contributed by atoms with van der Waals surface area (Å²) in [6.45, 7) is 8.90. The van der Waals surface area contributed by atoms with Crippen LogP contribution in [0.5, 0.6) is 0 Å². The van der Waals surface area contributed by atoms with Gasteiger partial charge in [-0.05, 0) is 33.1 Å². The van der Waals surface area contributed by atoms with E-state index in [1.54, 1.807) is 27.8 Å². The van der Waals surface area contributed by atoms with Crippen LogP contribution in [-0.4, -0.2) is 77.9 Å². The Labute approximate surface area is 155 Å². The lowest BCUT2D eigenvalue weighted by Crippen LogP contribution is -2.51. The van der Waals surface area contributed by atoms with Gasteiger partial charge in [-0.1, -0.05) is 13.8 Å². The van der Waals surface area contributed by atoms with Crippen LogP contribution < -0.4 is 0 Å². The topological polar surface area (TPSA) is 96.4 Å². The monoisotopic (exact) mass is 372 g/mol. The Hall–Kier alpha value is -1.83. The summed E-state index contributed by atoms with van der Waals surface area (Å²) in [4.78, 5) is 40.1. The molecule has 0 aromatic carbocycles. The number of carbonyl (C=O) groups excluding carboxylic acids is 3. The summed E-state index contributed by atoms with van der Waals surface area (Å²) in [5, 5.41) is 9.78. The van der Waals surface area contributed by atoms with Gasteiger partial charge in [-0.25, -0.2) is 9.59 Å². The summed E-state index contributed by atoms with van der Waals surface area (Å²) in [6, 6.07) is -1.40. The van der Waals surface area contributed by atoms with E-state index in [1.165, 1.54) is 16.9 Å². The Kier molecular flexibility index (Phi) is 7.44. The second-order valence-corrected chi connectivity index (χ2v) is 7.98. The normalized spacial score (nSPS) is 21.5. The summed E-state index contributed by atoms with van der Waals surface area (Å²) in [5.74, 6) is -1.51. The van der Waals surface area contributed by atoms with Gasteiger partial charge in [-0.2, -0.15) is 0 Å². The first-order valence-electron chi connectivity index (χ1n) is 8.89. The van der Waals surface area contributed by atoms with Crippen molar-refractivity contribution in [1.82, 2.24) is 9.80 Å². The second kappa shape index (κ2) is 8.70. The number of carbonyl (C=O) groups is 3. The van der Waals surface area contributed by atoms with Crippen molar-refractivity contribution in [2.45, 2.75) is 58.7 Å². The van der Waals surface area contributed by atoms with Gasteiger partial charge in [-0.3, -0.25) is 4.79 Å². The van der Waals surface area contributed by atoms with E-state index in [4.69, 9.17) is 9.47 Å². The van der Waals surface area contributed by atoms with Gasteiger partial charge in [0.25, 0.3) is 0 Å². The molecule has 8 heteroatoms. The van der Waals surface area contributed by atoms with Crippen LogP contribution >= 0.6 is 0 Å². The maximum atomic E-state index is 13.0. The lowest BCUT2D eigenvalue weighted by atomic mass is 9.96. The first-order valence-corrected chi connectivity index (χ1v) is 8.89. The molecule has 1 heterocycles. The molecule has 0 bridgehead atoms. The molecule has 3 atom stereocenters. The smallest absolute Gasteiger partial charge is 0.410 e. The molecule has 1 fully saturated rings. The third-order valence-corrected chi connectivity index (χ3v) is 4.52. The van der Waals surface area contributed by atoms with Crippen molar-refractivity contribution in [1.29, 1.82) is 0 Å². The van der Waals surface area contributed by atoms with Gasteiger partial charge in [-0.15, -0.1) is 0 Å². The highest BCUT2D eigenvalue weighted by molar-refractivity contribution is 5.87. The highest BCUT2D eigenvalue weighted by Crippen LogP contribution is 2.29. The van der Waals surface area contributed by atoms with Gasteiger partial charge >= 0.3 is 12.1 Å². The number of likely N-dealkylation sites (N-methyl/N-ethyl adjacent to an activating group) is 1. The standard InChI is InChI=1S/C18H32N2O6/c1-11(2)14(16(23)25-7)19(6)15(22)12-8-9-20(13(12)10-21)17(24)26-18(3,4)5/h11-14,21H,8-10H2,1-7H3/t12-,13+,14-/m0/s1. The Morgan fingerprint density at radius 3 is 2.27 bits per heavy atom. The zero-order valence-corrected chi connectivity index (χ0v) is 16.8. The van der Waals surface area contributed by atoms with Gasteiger partial charge < -0.3 is 24.4 Å². The quantitative estimate of drug-likeness (QED) is 0.730. The number of ether oxygens (including phenoxy) is 2. The molecule has 1 N–H and O–H groups in total. The minimum Gasteiger partial charge on any atom is -0.467 e. The van der Waals surface area contributed by atoms with Crippen molar-refractivity contribution in [3.63, 3.8) is 0 Å². The summed E-state index contributed by atoms with van der Waals surface area (Å²) >= 11 is 0. The van der Waals surface area contributed by atoms with Crippen LogP contribution in [0.15, 0.2) is 0 Å². The minimum absolute atomic E-state index is 0.132. The highest BCUT2D eigenvalue weighted by Gasteiger charge is 2.45. The number of methoxy groups -OCH3 is 1. The zero-order chi connectivity index (χ0) is 20.2. The molecule has 1 saturated heterocycles. The van der Waals surface area contributed by atoms with Gasteiger partial charge in [0.15, 0.2) is 0 Å². The van der Waals surface area contributed by atoms with Crippen LogP contribution in [0.25, 0.3) is 0 Å². The molecular formula is C18H32N2O6. The van der Waals surface area contributed by atoms with Gasteiger partial charge in [0, 0.05) is 13.6 Å². The number of aliphatic hydroxyl groups is 1. The van der Waals surface area contributed by atoms with Crippen molar-refractivity contribution < 1.29 is 29.0 Å². The van der Waals surface area contributed by atoms with Crippen LogP contribution in [-0.2, 0) is 19.1 Å². The summed E-state index contributed by atoms with van der Waals surface area (Å²) in [6.07, 6.45) is -0.150. The number of nitrogens with zero attached hydrogens (tertiary/aromatic N) is 2. The van der Waals surface area contributed by atoms with Gasteiger partial charge in [0.1, 0.15) is 11.6 Å². The van der Waals surface area contributed by atoms with E-state index < -0.39 is 35.7 Å². The average Bonchev–Trinajstić information content (AvgIpc) is 2.95. The molecule has 0 unspecified atom stereocenters. The summed E-state index contributed by atoms with van der Waals surface area (Å²) in [5.41, 5.74) is -0.663. The second-order valence-electron chi connectivity index (χ2n) is 7.98. The van der Waals surface area contributed by atoms with Crippen molar-refractivity contribution in [3.8, 4) is 0 Å². The minimum atomic E-state index is -0.720. The molecule has 1 rings (SSSR count). The fourth-order valence-electron chi connectivity index (χ4n) is 3.31. The van der Waals surface area contributed by atoms with Crippen LogP contribution in [0, 0.1) is 11.8 Å². The first kappa shape index (κ1) is 22.2. The zero-order valence-electron chi connectivity index (χ0n) is 16.8. The number of hydrogen-bond acceptors (Lipinski definition) is 6. The Morgan fingerprint density at radius 1 is 1.27 bits per heavy atom. The average molecular weight is 372 g/mol. The third kappa shape index (κ3) is 5.09. The van der Waals surface area contributed by atoms with Crippen LogP contribution in [0.2, 0.25) is 0 Å². The van der Waals surface area contributed by atoms with Crippen molar-refractivity contribution in [2.75, 3.05) is 27.3 Å². The first-order chi connectivity index (χ1) is 11.9. The molecule has 0 radical (unpaired) electrons. The maximum absolute atomic E-state index is 13.0. The largest absolute Gasteiger partial charge is 0.467 e. The molecular weight excluding hydrogens is 340 g/mol. The van der Waals surface area contributed by atoms with E-state index in [-0.39, 0.29) is 18.4 Å². The van der Waals surface area contributed by atoms with E-state index in [0.29, 0.717) is 13.0 Å². The molecule has 0 aliphatic carbocycles. The maximum Gasteiger partial charge on any atom is 0.410 e. The van der Waals surface area contributed by atoms with E-state index >= 15 is 0 Å². The van der Waals surface area contributed by atoms with E-state index in [2.05, 4.69) is 0 Å². The summed E-state index contributed by atoms with van der Waals surface area (Å²) in [7, 11) is 2.83. The molecule has 0 aromatic heterocycles. The molecule has 1 aliphatic rings. The predicted octanol–water partition coefficient (Wildman–Crippen LogP) is 1.26. The Balaban J connectivity index is 2.95. The fourth-order valence-corrected chi connectivity index (χ4v) is 3.31. The number of rotatable bonds is 5. The SMILES string of the molecule is COC(=O)[C@H](C(C)C)N(C)C(=O)[C@H]1CCN(C(=O)OC(C)(C)C)[C@@H]1CO. The third-order valence-electron chi connectivity index (χ3n) is 4.52. The Bertz CT molecular complexity index is 528. The van der Waals surface area contributed by atoms with Crippen molar-refractivity contribution in [2.24, 2.45) is 11.8 Å².